The van der Waals surface area contributed by atoms with Crippen LogP contribution in [0.1, 0.15) is 38.3 Å². The van der Waals surface area contributed by atoms with Gasteiger partial charge in [0.2, 0.25) is 0 Å². The van der Waals surface area contributed by atoms with Gasteiger partial charge in [0.25, 0.3) is 0 Å². The summed E-state index contributed by atoms with van der Waals surface area (Å²) < 4.78 is 16.8. The summed E-state index contributed by atoms with van der Waals surface area (Å²) in [5, 5.41) is 3.45. The van der Waals surface area contributed by atoms with Gasteiger partial charge in [-0.15, -0.1) is 6.58 Å². The minimum Gasteiger partial charge on any atom is -0.493 e. The first kappa shape index (κ1) is 19.5. The predicted molar refractivity (Wildman–Crippen MR) is 95.5 cm³/mol. The highest BCUT2D eigenvalue weighted by atomic mass is 16.5. The number of benzene rings is 1. The largest absolute Gasteiger partial charge is 0.493 e. The van der Waals surface area contributed by atoms with E-state index >= 15 is 0 Å². The van der Waals surface area contributed by atoms with E-state index in [0.717, 1.165) is 49.6 Å². The summed E-state index contributed by atoms with van der Waals surface area (Å²) in [7, 11) is 1.68. The number of hydrogen-bond acceptors (Lipinski definition) is 4. The maximum atomic E-state index is 5.74. The zero-order valence-electron chi connectivity index (χ0n) is 15.0. The maximum Gasteiger partial charge on any atom is 0.164 e. The summed E-state index contributed by atoms with van der Waals surface area (Å²) in [4.78, 5) is 0. The fraction of sp³-hybridized carbons (Fsp3) is 0.579. The average Bonchev–Trinajstić information content (AvgIpc) is 2.52. The smallest absolute Gasteiger partial charge is 0.164 e. The van der Waals surface area contributed by atoms with Gasteiger partial charge in [0.05, 0.1) is 19.8 Å². The number of nitrogens with one attached hydrogen (secondary N) is 1. The van der Waals surface area contributed by atoms with Crippen LogP contribution in [-0.4, -0.2) is 33.0 Å². The predicted octanol–water partition coefficient (Wildman–Crippen LogP) is 3.73. The second kappa shape index (κ2) is 11.1. The molecule has 4 nitrogen and oxygen atoms in total. The van der Waals surface area contributed by atoms with E-state index in [-0.39, 0.29) is 0 Å². The number of ether oxygens (including phenoxy) is 3. The molecule has 0 saturated carbocycles. The SMILES string of the molecule is C=CCc1cc(CNCCCOC(C)C)cc(OC)c1OCC. The van der Waals surface area contributed by atoms with Crippen LogP contribution in [0, 0.1) is 0 Å². The minimum atomic E-state index is 0.298. The van der Waals surface area contributed by atoms with E-state index in [0.29, 0.717) is 12.7 Å². The fourth-order valence-electron chi connectivity index (χ4n) is 2.34. The van der Waals surface area contributed by atoms with Crippen LogP contribution in [-0.2, 0) is 17.7 Å². The molecule has 0 atom stereocenters. The van der Waals surface area contributed by atoms with Crippen molar-refractivity contribution < 1.29 is 14.2 Å². The molecule has 0 spiro atoms. The van der Waals surface area contributed by atoms with Crippen molar-refractivity contribution in [1.29, 1.82) is 0 Å². The molecular formula is C19H31NO3. The van der Waals surface area contributed by atoms with Gasteiger partial charge in [-0.1, -0.05) is 12.1 Å². The van der Waals surface area contributed by atoms with Gasteiger partial charge in [0, 0.05) is 18.7 Å². The molecule has 4 heteroatoms. The molecule has 0 fully saturated rings. The van der Waals surface area contributed by atoms with Crippen molar-refractivity contribution in [2.24, 2.45) is 0 Å². The highest BCUT2D eigenvalue weighted by Crippen LogP contribution is 2.33. The molecule has 23 heavy (non-hydrogen) atoms. The molecule has 1 rings (SSSR count). The number of hydrogen-bond donors (Lipinski definition) is 1. The van der Waals surface area contributed by atoms with Gasteiger partial charge >= 0.3 is 0 Å². The molecule has 0 radical (unpaired) electrons. The van der Waals surface area contributed by atoms with Crippen molar-refractivity contribution >= 4 is 0 Å². The number of allylic oxidation sites excluding steroid dienone is 1. The molecule has 1 N–H and O–H groups in total. The third-order valence-electron chi connectivity index (χ3n) is 3.34. The second-order valence-corrected chi connectivity index (χ2v) is 5.66. The van der Waals surface area contributed by atoms with Crippen LogP contribution >= 0.6 is 0 Å². The van der Waals surface area contributed by atoms with Crippen LogP contribution in [0.4, 0.5) is 0 Å². The topological polar surface area (TPSA) is 39.7 Å². The quantitative estimate of drug-likeness (QED) is 0.470. The Morgan fingerprint density at radius 3 is 2.70 bits per heavy atom. The molecule has 0 aliphatic rings. The Bertz CT molecular complexity index is 472. The van der Waals surface area contributed by atoms with E-state index in [1.54, 1.807) is 7.11 Å². The Labute approximate surface area is 140 Å². The normalized spacial score (nSPS) is 10.8. The lowest BCUT2D eigenvalue weighted by Gasteiger charge is -2.16. The van der Waals surface area contributed by atoms with Crippen molar-refractivity contribution in [3.05, 3.63) is 35.9 Å². The Balaban J connectivity index is 2.64. The molecule has 1 aromatic rings. The van der Waals surface area contributed by atoms with Gasteiger partial charge in [0.15, 0.2) is 11.5 Å². The Kier molecular flexibility index (Phi) is 9.41. The molecule has 0 heterocycles. The lowest BCUT2D eigenvalue weighted by atomic mass is 10.1. The van der Waals surface area contributed by atoms with Crippen molar-refractivity contribution in [1.82, 2.24) is 5.32 Å². The monoisotopic (exact) mass is 321 g/mol. The zero-order chi connectivity index (χ0) is 17.1. The number of methoxy groups -OCH3 is 1. The molecule has 0 saturated heterocycles. The highest BCUT2D eigenvalue weighted by molar-refractivity contribution is 5.50. The molecule has 0 unspecified atom stereocenters. The van der Waals surface area contributed by atoms with Gasteiger partial charge in [-0.2, -0.15) is 0 Å². The van der Waals surface area contributed by atoms with Crippen LogP contribution in [0.5, 0.6) is 11.5 Å². The molecular weight excluding hydrogens is 290 g/mol. The van der Waals surface area contributed by atoms with Gasteiger partial charge < -0.3 is 19.5 Å². The van der Waals surface area contributed by atoms with Crippen molar-refractivity contribution in [2.75, 3.05) is 26.9 Å². The van der Waals surface area contributed by atoms with Gasteiger partial charge in [-0.25, -0.2) is 0 Å². The van der Waals surface area contributed by atoms with Crippen LogP contribution in [0.25, 0.3) is 0 Å². The standard InChI is InChI=1S/C19H31NO3/c1-6-9-17-12-16(13-18(21-5)19(17)22-7-2)14-20-10-8-11-23-15(3)4/h6,12-13,15,20H,1,7-11,14H2,2-5H3. The molecule has 0 bridgehead atoms. The molecule has 0 aliphatic heterocycles. The molecule has 130 valence electrons. The van der Waals surface area contributed by atoms with E-state index in [4.69, 9.17) is 14.2 Å². The van der Waals surface area contributed by atoms with E-state index in [2.05, 4.69) is 31.8 Å². The van der Waals surface area contributed by atoms with Crippen LogP contribution in [0.15, 0.2) is 24.8 Å². The Hall–Kier alpha value is -1.52. The van der Waals surface area contributed by atoms with Crippen LogP contribution in [0.2, 0.25) is 0 Å². The van der Waals surface area contributed by atoms with Crippen molar-refractivity contribution in [2.45, 2.75) is 46.3 Å². The summed E-state index contributed by atoms with van der Waals surface area (Å²) in [5.41, 5.74) is 2.30. The summed E-state index contributed by atoms with van der Waals surface area (Å²) in [6.45, 7) is 13.1. The van der Waals surface area contributed by atoms with Gasteiger partial charge in [0.1, 0.15) is 0 Å². The summed E-state index contributed by atoms with van der Waals surface area (Å²) >= 11 is 0. The minimum absolute atomic E-state index is 0.298. The fourth-order valence-corrected chi connectivity index (χ4v) is 2.34. The van der Waals surface area contributed by atoms with Gasteiger partial charge in [-0.3, -0.25) is 0 Å². The van der Waals surface area contributed by atoms with Crippen LogP contribution in [0.3, 0.4) is 0 Å². The first-order valence-corrected chi connectivity index (χ1v) is 8.38. The maximum absolute atomic E-state index is 5.74. The first-order valence-electron chi connectivity index (χ1n) is 8.38. The Morgan fingerprint density at radius 2 is 2.09 bits per heavy atom. The van der Waals surface area contributed by atoms with Crippen molar-refractivity contribution in [3.8, 4) is 11.5 Å². The van der Waals surface area contributed by atoms with E-state index in [1.165, 1.54) is 5.56 Å². The van der Waals surface area contributed by atoms with E-state index < -0.39 is 0 Å². The lowest BCUT2D eigenvalue weighted by molar-refractivity contribution is 0.0770. The summed E-state index contributed by atoms with van der Waals surface area (Å²) in [6, 6.07) is 4.20. The summed E-state index contributed by atoms with van der Waals surface area (Å²) in [6.07, 6.45) is 3.96. The highest BCUT2D eigenvalue weighted by Gasteiger charge is 2.12. The van der Waals surface area contributed by atoms with E-state index in [1.807, 2.05) is 19.1 Å². The third-order valence-corrected chi connectivity index (χ3v) is 3.34. The van der Waals surface area contributed by atoms with E-state index in [9.17, 15) is 0 Å². The summed E-state index contributed by atoms with van der Waals surface area (Å²) in [5.74, 6) is 1.61. The molecule has 0 aromatic heterocycles. The van der Waals surface area contributed by atoms with Crippen molar-refractivity contribution in [3.63, 3.8) is 0 Å². The average molecular weight is 321 g/mol. The van der Waals surface area contributed by atoms with Gasteiger partial charge in [-0.05, 0) is 51.8 Å². The second-order valence-electron chi connectivity index (χ2n) is 5.66. The first-order chi connectivity index (χ1) is 11.1. The Morgan fingerprint density at radius 1 is 1.30 bits per heavy atom. The lowest BCUT2D eigenvalue weighted by Crippen LogP contribution is -2.17. The number of rotatable bonds is 12. The third kappa shape index (κ3) is 7.06. The molecule has 0 amide bonds. The molecule has 0 aliphatic carbocycles. The zero-order valence-corrected chi connectivity index (χ0v) is 15.0. The molecule has 1 aromatic carbocycles. The van der Waals surface area contributed by atoms with Crippen LogP contribution < -0.4 is 14.8 Å².